The molecule has 7 heteroatoms. The number of hydrogen-bond acceptors (Lipinski definition) is 6. The fourth-order valence-corrected chi connectivity index (χ4v) is 4.33. The Kier molecular flexibility index (Phi) is 4.19. The summed E-state index contributed by atoms with van der Waals surface area (Å²) in [4.78, 5) is 17.7. The lowest BCUT2D eigenvalue weighted by molar-refractivity contribution is 0.102. The SMILES string of the molecule is Cc1cc(C(=O)CSc2nnc(-c3c[nH]c4ccccc34)o2)c(C)s1. The van der Waals surface area contributed by atoms with E-state index in [1.165, 1.54) is 11.8 Å². The van der Waals surface area contributed by atoms with Crippen molar-refractivity contribution in [2.75, 3.05) is 5.75 Å². The molecule has 3 heterocycles. The fourth-order valence-electron chi connectivity index (χ4n) is 2.74. The Morgan fingerprint density at radius 2 is 2.12 bits per heavy atom. The Bertz CT molecular complexity index is 1060. The van der Waals surface area contributed by atoms with Gasteiger partial charge in [0.25, 0.3) is 11.1 Å². The Hall–Kier alpha value is -2.38. The number of nitrogens with one attached hydrogen (secondary N) is 1. The van der Waals surface area contributed by atoms with Crippen molar-refractivity contribution in [2.45, 2.75) is 19.1 Å². The summed E-state index contributed by atoms with van der Waals surface area (Å²) >= 11 is 2.91. The minimum absolute atomic E-state index is 0.0821. The lowest BCUT2D eigenvalue weighted by atomic mass is 10.2. The third-order valence-corrected chi connectivity index (χ3v) is 5.68. The molecule has 5 nitrogen and oxygen atoms in total. The summed E-state index contributed by atoms with van der Waals surface area (Å²) in [6.45, 7) is 3.98. The standard InChI is InChI=1S/C18H15N3O2S2/c1-10-7-13(11(2)25-10)16(22)9-24-18-21-20-17(23-18)14-8-19-15-6-4-3-5-12(14)15/h3-8,19H,9H2,1-2H3. The first-order chi connectivity index (χ1) is 12.1. The van der Waals surface area contributed by atoms with E-state index in [2.05, 4.69) is 15.2 Å². The van der Waals surface area contributed by atoms with E-state index in [9.17, 15) is 4.79 Å². The van der Waals surface area contributed by atoms with Crippen molar-refractivity contribution in [3.63, 3.8) is 0 Å². The number of thioether (sulfide) groups is 1. The average molecular weight is 369 g/mol. The fraction of sp³-hybridized carbons (Fsp3) is 0.167. The van der Waals surface area contributed by atoms with Crippen LogP contribution in [0.15, 0.2) is 46.2 Å². The normalized spacial score (nSPS) is 11.3. The predicted octanol–water partition coefficient (Wildman–Crippen LogP) is 4.87. The molecular weight excluding hydrogens is 354 g/mol. The first kappa shape index (κ1) is 16.1. The molecule has 0 unspecified atom stereocenters. The summed E-state index contributed by atoms with van der Waals surface area (Å²) in [5, 5.41) is 9.60. The van der Waals surface area contributed by atoms with Crippen LogP contribution in [-0.2, 0) is 0 Å². The number of benzene rings is 1. The van der Waals surface area contributed by atoms with Crippen LogP contribution in [0.2, 0.25) is 0 Å². The molecule has 0 radical (unpaired) electrons. The molecule has 0 fully saturated rings. The van der Waals surface area contributed by atoms with Crippen LogP contribution in [0.3, 0.4) is 0 Å². The number of hydrogen-bond donors (Lipinski definition) is 1. The van der Waals surface area contributed by atoms with E-state index < -0.39 is 0 Å². The second-order valence-electron chi connectivity index (χ2n) is 5.66. The lowest BCUT2D eigenvalue weighted by Crippen LogP contribution is -2.02. The van der Waals surface area contributed by atoms with Gasteiger partial charge < -0.3 is 9.40 Å². The molecule has 126 valence electrons. The zero-order valence-corrected chi connectivity index (χ0v) is 15.3. The van der Waals surface area contributed by atoms with Crippen molar-refractivity contribution in [1.82, 2.24) is 15.2 Å². The number of ketones is 1. The molecule has 0 aliphatic carbocycles. The maximum absolute atomic E-state index is 12.4. The van der Waals surface area contributed by atoms with E-state index in [1.807, 2.05) is 50.4 Å². The summed E-state index contributed by atoms with van der Waals surface area (Å²) in [7, 11) is 0. The quantitative estimate of drug-likeness (QED) is 0.401. The molecule has 4 aromatic rings. The number of rotatable bonds is 5. The molecule has 0 saturated heterocycles. The number of nitrogens with zero attached hydrogens (tertiary/aromatic N) is 2. The number of aromatic amines is 1. The number of Topliss-reactive ketones (excluding diaryl/α,β-unsaturated/α-hetero) is 1. The van der Waals surface area contributed by atoms with Gasteiger partial charge in [0.05, 0.1) is 11.3 Å². The van der Waals surface area contributed by atoms with Gasteiger partial charge in [-0.1, -0.05) is 30.0 Å². The highest BCUT2D eigenvalue weighted by Crippen LogP contribution is 2.30. The molecule has 3 aromatic heterocycles. The second kappa shape index (κ2) is 6.50. The number of fused-ring (bicyclic) bond motifs is 1. The molecule has 25 heavy (non-hydrogen) atoms. The lowest BCUT2D eigenvalue weighted by Gasteiger charge is -1.97. The van der Waals surface area contributed by atoms with Gasteiger partial charge in [-0.3, -0.25) is 4.79 Å². The highest BCUT2D eigenvalue weighted by molar-refractivity contribution is 7.99. The number of aromatic nitrogens is 3. The molecular formula is C18H15N3O2S2. The van der Waals surface area contributed by atoms with Crippen molar-refractivity contribution in [1.29, 1.82) is 0 Å². The number of aryl methyl sites for hydroxylation is 2. The van der Waals surface area contributed by atoms with Gasteiger partial charge in [-0.15, -0.1) is 21.5 Å². The minimum atomic E-state index is 0.0821. The van der Waals surface area contributed by atoms with Crippen molar-refractivity contribution in [2.24, 2.45) is 0 Å². The molecule has 4 rings (SSSR count). The van der Waals surface area contributed by atoms with E-state index in [0.29, 0.717) is 11.1 Å². The molecule has 1 aromatic carbocycles. The molecule has 0 spiro atoms. The summed E-state index contributed by atoms with van der Waals surface area (Å²) < 4.78 is 5.73. The summed E-state index contributed by atoms with van der Waals surface area (Å²) in [6, 6.07) is 9.87. The van der Waals surface area contributed by atoms with Crippen LogP contribution in [0.4, 0.5) is 0 Å². The van der Waals surface area contributed by atoms with E-state index in [1.54, 1.807) is 11.3 Å². The van der Waals surface area contributed by atoms with Gasteiger partial charge in [-0.25, -0.2) is 0 Å². The number of carbonyl (C=O) groups is 1. The van der Waals surface area contributed by atoms with Crippen LogP contribution >= 0.6 is 23.1 Å². The van der Waals surface area contributed by atoms with Gasteiger partial charge in [0, 0.05) is 32.4 Å². The predicted molar refractivity (Wildman–Crippen MR) is 100 cm³/mol. The van der Waals surface area contributed by atoms with Crippen LogP contribution in [0.25, 0.3) is 22.4 Å². The largest absolute Gasteiger partial charge is 0.411 e. The number of thiophene rings is 1. The van der Waals surface area contributed by atoms with Crippen molar-refractivity contribution < 1.29 is 9.21 Å². The molecule has 0 amide bonds. The van der Waals surface area contributed by atoms with Gasteiger partial charge >= 0.3 is 0 Å². The Labute approximate surface area is 152 Å². The third kappa shape index (κ3) is 3.12. The highest BCUT2D eigenvalue weighted by Gasteiger charge is 2.16. The number of H-pyrrole nitrogens is 1. The Morgan fingerprint density at radius 3 is 2.92 bits per heavy atom. The van der Waals surface area contributed by atoms with Gasteiger partial charge in [0.1, 0.15) is 0 Å². The smallest absolute Gasteiger partial charge is 0.277 e. The Balaban J connectivity index is 1.50. The van der Waals surface area contributed by atoms with Crippen LogP contribution in [0.5, 0.6) is 0 Å². The molecule has 1 N–H and O–H groups in total. The number of carbonyl (C=O) groups excluding carboxylic acids is 1. The van der Waals surface area contributed by atoms with Crippen molar-refractivity contribution >= 4 is 39.8 Å². The molecule has 0 bridgehead atoms. The zero-order chi connectivity index (χ0) is 17.4. The third-order valence-electron chi connectivity index (χ3n) is 3.89. The van der Waals surface area contributed by atoms with E-state index in [4.69, 9.17) is 4.42 Å². The topological polar surface area (TPSA) is 71.8 Å². The maximum Gasteiger partial charge on any atom is 0.277 e. The van der Waals surface area contributed by atoms with Gasteiger partial charge in [0.15, 0.2) is 5.78 Å². The maximum atomic E-state index is 12.4. The zero-order valence-electron chi connectivity index (χ0n) is 13.7. The summed E-state index contributed by atoms with van der Waals surface area (Å²) in [5.74, 6) is 0.820. The molecule has 0 atom stereocenters. The van der Waals surface area contributed by atoms with Crippen LogP contribution < -0.4 is 0 Å². The monoisotopic (exact) mass is 369 g/mol. The summed E-state index contributed by atoms with van der Waals surface area (Å²) in [5.41, 5.74) is 2.67. The van der Waals surface area contributed by atoms with E-state index in [-0.39, 0.29) is 11.5 Å². The van der Waals surface area contributed by atoms with Gasteiger partial charge in [-0.05, 0) is 26.0 Å². The highest BCUT2D eigenvalue weighted by atomic mass is 32.2. The Morgan fingerprint density at radius 1 is 1.28 bits per heavy atom. The van der Waals surface area contributed by atoms with Crippen LogP contribution in [-0.4, -0.2) is 26.7 Å². The second-order valence-corrected chi connectivity index (χ2v) is 8.05. The van der Waals surface area contributed by atoms with Crippen LogP contribution in [0, 0.1) is 13.8 Å². The number of para-hydroxylation sites is 1. The molecule has 0 saturated carbocycles. The van der Waals surface area contributed by atoms with E-state index >= 15 is 0 Å². The molecule has 0 aliphatic heterocycles. The minimum Gasteiger partial charge on any atom is -0.411 e. The molecule has 0 aliphatic rings. The van der Waals surface area contributed by atoms with E-state index in [0.717, 1.165) is 31.8 Å². The first-order valence-electron chi connectivity index (χ1n) is 7.75. The van der Waals surface area contributed by atoms with Crippen molar-refractivity contribution in [3.8, 4) is 11.5 Å². The van der Waals surface area contributed by atoms with Gasteiger partial charge in [0.2, 0.25) is 0 Å². The van der Waals surface area contributed by atoms with Crippen molar-refractivity contribution in [3.05, 3.63) is 51.8 Å². The average Bonchev–Trinajstić information content (AvgIpc) is 3.30. The summed E-state index contributed by atoms with van der Waals surface area (Å²) in [6.07, 6.45) is 1.86. The first-order valence-corrected chi connectivity index (χ1v) is 9.55. The van der Waals surface area contributed by atoms with Crippen LogP contribution in [0.1, 0.15) is 20.1 Å². The van der Waals surface area contributed by atoms with Gasteiger partial charge in [-0.2, -0.15) is 0 Å².